The fourth-order valence-electron chi connectivity index (χ4n) is 3.50. The van der Waals surface area contributed by atoms with Gasteiger partial charge >= 0.3 is 0 Å². The predicted octanol–water partition coefficient (Wildman–Crippen LogP) is 5.33. The van der Waals surface area contributed by atoms with Crippen molar-refractivity contribution in [2.24, 2.45) is 0 Å². The lowest BCUT2D eigenvalue weighted by Gasteiger charge is -2.29. The van der Waals surface area contributed by atoms with Crippen LogP contribution in [0.15, 0.2) is 36.4 Å². The molecule has 1 saturated heterocycles. The summed E-state index contributed by atoms with van der Waals surface area (Å²) in [7, 11) is 0. The fourth-order valence-corrected chi connectivity index (χ4v) is 5.03. The second kappa shape index (κ2) is 12.2. The quantitative estimate of drug-likeness (QED) is 0.394. The van der Waals surface area contributed by atoms with E-state index >= 15 is 0 Å². The molecule has 3 aromatic rings. The van der Waals surface area contributed by atoms with Gasteiger partial charge in [0.2, 0.25) is 0 Å². The molecule has 178 valence electrons. The van der Waals surface area contributed by atoms with E-state index in [-0.39, 0.29) is 24.9 Å². The summed E-state index contributed by atoms with van der Waals surface area (Å²) in [6.07, 6.45) is 0.957. The van der Waals surface area contributed by atoms with Crippen molar-refractivity contribution >= 4 is 68.2 Å². The monoisotopic (exact) mass is 529 g/mol. The van der Waals surface area contributed by atoms with Gasteiger partial charge in [0.25, 0.3) is 5.91 Å². The van der Waals surface area contributed by atoms with Crippen LogP contribution in [0.1, 0.15) is 12.5 Å². The molecule has 1 aliphatic heterocycles. The van der Waals surface area contributed by atoms with Crippen LogP contribution >= 0.6 is 46.9 Å². The number of aryl methyl sites for hydroxylation is 1. The average Bonchev–Trinajstić information content (AvgIpc) is 3.22. The molecule has 1 fully saturated rings. The Morgan fingerprint density at radius 1 is 1.21 bits per heavy atom. The molecule has 0 radical (unpaired) electrons. The number of amides is 1. The molecule has 2 heterocycles. The average molecular weight is 531 g/mol. The third-order valence-corrected chi connectivity index (χ3v) is 6.94. The number of anilines is 1. The highest BCUT2D eigenvalue weighted by atomic mass is 35.5. The van der Waals surface area contributed by atoms with Crippen molar-refractivity contribution in [3.63, 3.8) is 0 Å². The van der Waals surface area contributed by atoms with Gasteiger partial charge in [-0.05, 0) is 42.3 Å². The lowest BCUT2D eigenvalue weighted by Crippen LogP contribution is -2.44. The first-order chi connectivity index (χ1) is 15.5. The Bertz CT molecular complexity index is 1090. The molecule has 0 aliphatic carbocycles. The zero-order chi connectivity index (χ0) is 22.5. The number of morpholine rings is 1. The molecule has 33 heavy (non-hydrogen) atoms. The van der Waals surface area contributed by atoms with Gasteiger partial charge in [0.1, 0.15) is 5.75 Å². The Hall–Kier alpha value is -1.61. The van der Waals surface area contributed by atoms with Crippen LogP contribution in [0.5, 0.6) is 5.75 Å². The number of aromatic nitrogens is 1. The van der Waals surface area contributed by atoms with E-state index < -0.39 is 0 Å². The van der Waals surface area contributed by atoms with Gasteiger partial charge in [0, 0.05) is 31.2 Å². The Morgan fingerprint density at radius 3 is 2.73 bits per heavy atom. The number of hydrogen-bond acceptors (Lipinski definition) is 6. The number of nitrogens with zero attached hydrogens (tertiary/aromatic N) is 3. The van der Waals surface area contributed by atoms with E-state index in [2.05, 4.69) is 24.0 Å². The number of benzene rings is 2. The van der Waals surface area contributed by atoms with Crippen molar-refractivity contribution < 1.29 is 14.3 Å². The molecule has 0 bridgehead atoms. The van der Waals surface area contributed by atoms with Crippen LogP contribution in [-0.2, 0) is 16.0 Å². The van der Waals surface area contributed by atoms with E-state index in [1.54, 1.807) is 23.1 Å². The van der Waals surface area contributed by atoms with Crippen molar-refractivity contribution in [2.45, 2.75) is 13.3 Å². The number of fused-ring (bicyclic) bond motifs is 1. The molecule has 6 nitrogen and oxygen atoms in total. The van der Waals surface area contributed by atoms with Crippen molar-refractivity contribution in [1.29, 1.82) is 0 Å². The first-order valence-corrected chi connectivity index (χ1v) is 12.2. The fraction of sp³-hybridized carbons (Fsp3) is 0.391. The first kappa shape index (κ1) is 26.0. The molecule has 0 N–H and O–H groups in total. The van der Waals surface area contributed by atoms with Crippen molar-refractivity contribution in [1.82, 2.24) is 9.88 Å². The van der Waals surface area contributed by atoms with Crippen LogP contribution in [0.25, 0.3) is 10.2 Å². The van der Waals surface area contributed by atoms with Crippen LogP contribution in [0.2, 0.25) is 10.0 Å². The van der Waals surface area contributed by atoms with Crippen LogP contribution in [0.4, 0.5) is 5.13 Å². The maximum absolute atomic E-state index is 13.2. The molecule has 1 amide bonds. The minimum Gasteiger partial charge on any atom is -0.482 e. The second-order valence-electron chi connectivity index (χ2n) is 7.51. The number of carbonyl (C=O) groups is 1. The van der Waals surface area contributed by atoms with Gasteiger partial charge in [-0.15, -0.1) is 12.4 Å². The van der Waals surface area contributed by atoms with E-state index in [1.807, 2.05) is 6.07 Å². The van der Waals surface area contributed by atoms with Crippen molar-refractivity contribution in [2.75, 3.05) is 50.9 Å². The highest BCUT2D eigenvalue weighted by Crippen LogP contribution is 2.31. The summed E-state index contributed by atoms with van der Waals surface area (Å²) in [5, 5.41) is 1.57. The number of thiazole rings is 1. The molecule has 0 unspecified atom stereocenters. The SMILES string of the molecule is CCc1ccc2nc(N(CCN3CCOCC3)C(=O)COc3ccc(Cl)cc3Cl)sc2c1.Cl. The smallest absolute Gasteiger partial charge is 0.266 e. The van der Waals surface area contributed by atoms with E-state index in [0.717, 1.165) is 36.3 Å². The lowest BCUT2D eigenvalue weighted by molar-refractivity contribution is -0.120. The van der Waals surface area contributed by atoms with Crippen LogP contribution in [0, 0.1) is 0 Å². The summed E-state index contributed by atoms with van der Waals surface area (Å²) in [5.41, 5.74) is 2.15. The third kappa shape index (κ3) is 6.72. The van der Waals surface area contributed by atoms with E-state index in [9.17, 15) is 4.79 Å². The zero-order valence-corrected chi connectivity index (χ0v) is 21.4. The number of carbonyl (C=O) groups excluding carboxylic acids is 1. The summed E-state index contributed by atoms with van der Waals surface area (Å²) in [5.74, 6) is 0.258. The summed E-state index contributed by atoms with van der Waals surface area (Å²) < 4.78 is 12.2. The van der Waals surface area contributed by atoms with Gasteiger partial charge < -0.3 is 9.47 Å². The first-order valence-electron chi connectivity index (χ1n) is 10.6. The Morgan fingerprint density at radius 2 is 2.00 bits per heavy atom. The highest BCUT2D eigenvalue weighted by molar-refractivity contribution is 7.22. The number of ether oxygens (including phenoxy) is 2. The predicted molar refractivity (Wildman–Crippen MR) is 138 cm³/mol. The summed E-state index contributed by atoms with van der Waals surface area (Å²) in [6, 6.07) is 11.2. The van der Waals surface area contributed by atoms with Gasteiger partial charge in [0.15, 0.2) is 11.7 Å². The summed E-state index contributed by atoms with van der Waals surface area (Å²) in [6.45, 7) is 6.41. The van der Waals surface area contributed by atoms with Crippen LogP contribution < -0.4 is 9.64 Å². The minimum atomic E-state index is -0.168. The van der Waals surface area contributed by atoms with Crippen molar-refractivity contribution in [3.8, 4) is 5.75 Å². The molecular weight excluding hydrogens is 505 g/mol. The molecule has 10 heteroatoms. The molecule has 1 aromatic heterocycles. The standard InChI is InChI=1S/C23H25Cl2N3O3S.ClH/c1-2-16-3-5-19-21(13-16)32-23(26-19)28(8-7-27-9-11-30-12-10-27)22(29)15-31-20-6-4-17(24)14-18(20)25;/h3-6,13-14H,2,7-12,15H2,1H3;1H. The molecule has 1 aliphatic rings. The van der Waals surface area contributed by atoms with E-state index in [0.29, 0.717) is 40.7 Å². The highest BCUT2D eigenvalue weighted by Gasteiger charge is 2.22. The van der Waals surface area contributed by atoms with Gasteiger partial charge in [-0.25, -0.2) is 4.98 Å². The van der Waals surface area contributed by atoms with Gasteiger partial charge in [-0.1, -0.05) is 47.5 Å². The summed E-state index contributed by atoms with van der Waals surface area (Å²) >= 11 is 13.7. The van der Waals surface area contributed by atoms with E-state index in [4.69, 9.17) is 37.7 Å². The molecule has 0 atom stereocenters. The van der Waals surface area contributed by atoms with Gasteiger partial charge in [0.05, 0.1) is 28.5 Å². The van der Waals surface area contributed by atoms with Crippen molar-refractivity contribution in [3.05, 3.63) is 52.0 Å². The molecular formula is C23H26Cl3N3O3S. The van der Waals surface area contributed by atoms with Crippen LogP contribution in [0.3, 0.4) is 0 Å². The van der Waals surface area contributed by atoms with Crippen LogP contribution in [-0.4, -0.2) is 61.8 Å². The lowest BCUT2D eigenvalue weighted by atomic mass is 10.2. The van der Waals surface area contributed by atoms with E-state index in [1.165, 1.54) is 16.9 Å². The second-order valence-corrected chi connectivity index (χ2v) is 9.37. The zero-order valence-electron chi connectivity index (χ0n) is 18.3. The maximum Gasteiger partial charge on any atom is 0.266 e. The Labute approximate surface area is 213 Å². The number of hydrogen-bond donors (Lipinski definition) is 0. The third-order valence-electron chi connectivity index (χ3n) is 5.37. The van der Waals surface area contributed by atoms with Gasteiger partial charge in [-0.2, -0.15) is 0 Å². The topological polar surface area (TPSA) is 54.9 Å². The Kier molecular flexibility index (Phi) is 9.61. The number of rotatable bonds is 8. The normalized spacial score (nSPS) is 14.2. The summed E-state index contributed by atoms with van der Waals surface area (Å²) in [4.78, 5) is 22.0. The maximum atomic E-state index is 13.2. The molecule has 2 aromatic carbocycles. The molecule has 0 spiro atoms. The molecule has 0 saturated carbocycles. The Balaban J connectivity index is 0.00000306. The molecule has 4 rings (SSSR count). The minimum absolute atomic E-state index is 0. The van der Waals surface area contributed by atoms with Gasteiger partial charge in [-0.3, -0.25) is 14.6 Å². The largest absolute Gasteiger partial charge is 0.482 e. The number of halogens is 3.